The first-order valence-corrected chi connectivity index (χ1v) is 10.2. The lowest BCUT2D eigenvalue weighted by atomic mass is 10.2. The van der Waals surface area contributed by atoms with Crippen LogP contribution in [0.4, 0.5) is 11.4 Å². The number of anilines is 1. The van der Waals surface area contributed by atoms with Crippen molar-refractivity contribution in [1.82, 2.24) is 0 Å². The molecule has 32 heavy (non-hydrogen) atoms. The number of hydrogen-bond donors (Lipinski definition) is 0. The zero-order chi connectivity index (χ0) is 23.7. The number of azo groups is 1. The largest absolute Gasteiger partial charge is 0.497 e. The molecule has 1 amide bonds. The van der Waals surface area contributed by atoms with Crippen molar-refractivity contribution >= 4 is 34.8 Å². The highest BCUT2D eigenvalue weighted by molar-refractivity contribution is 6.39. The van der Waals surface area contributed by atoms with Gasteiger partial charge in [-0.25, -0.2) is 4.42 Å². The number of carbonyl (C=O) groups excluding carboxylic acids is 2. The van der Waals surface area contributed by atoms with Gasteiger partial charge in [-0.05, 0) is 32.9 Å². The Morgan fingerprint density at radius 1 is 1.03 bits per heavy atom. The van der Waals surface area contributed by atoms with Gasteiger partial charge in [0, 0.05) is 30.0 Å². The molecule has 0 heterocycles. The fourth-order valence-corrected chi connectivity index (χ4v) is 2.90. The summed E-state index contributed by atoms with van der Waals surface area (Å²) in [5, 5.41) is 8.07. The highest BCUT2D eigenvalue weighted by Crippen LogP contribution is 2.38. The van der Waals surface area contributed by atoms with Crippen LogP contribution >= 0.6 is 11.8 Å². The van der Waals surface area contributed by atoms with Gasteiger partial charge in [0.15, 0.2) is 17.3 Å². The smallest absolute Gasteiger partial charge is 0.276 e. The number of methoxy groups -OCH3 is 2. The number of para-hydroxylation sites is 1. The number of benzene rings is 2. The molecular formula is C22H26ClN3O6. The number of ether oxygens (including phenoxy) is 4. The van der Waals surface area contributed by atoms with Gasteiger partial charge in [-0.3, -0.25) is 9.59 Å². The fraction of sp³-hybridized carbons (Fsp3) is 0.364. The van der Waals surface area contributed by atoms with E-state index < -0.39 is 17.7 Å². The first-order valence-electron chi connectivity index (χ1n) is 9.88. The summed E-state index contributed by atoms with van der Waals surface area (Å²) < 4.78 is 22.4. The van der Waals surface area contributed by atoms with Gasteiger partial charge in [0.25, 0.3) is 5.91 Å². The summed E-state index contributed by atoms with van der Waals surface area (Å²) in [5.74, 6) is 0.394. The second kappa shape index (κ2) is 11.9. The predicted molar refractivity (Wildman–Crippen MR) is 121 cm³/mol. The van der Waals surface area contributed by atoms with Crippen molar-refractivity contribution in [3.05, 3.63) is 36.4 Å². The van der Waals surface area contributed by atoms with Crippen molar-refractivity contribution in [1.29, 1.82) is 0 Å². The summed E-state index contributed by atoms with van der Waals surface area (Å²) in [7, 11) is 2.94. The molecule has 0 saturated heterocycles. The van der Waals surface area contributed by atoms with Gasteiger partial charge in [-0.15, -0.1) is 0 Å². The molecule has 0 radical (unpaired) electrons. The Kier molecular flexibility index (Phi) is 9.27. The second-order valence-electron chi connectivity index (χ2n) is 6.39. The molecule has 0 spiro atoms. The van der Waals surface area contributed by atoms with Crippen LogP contribution in [0, 0.1) is 0 Å². The molecule has 0 bridgehead atoms. The number of Topliss-reactive ketones (excluding diaryl/α,β-unsaturated/α-hetero) is 1. The first-order chi connectivity index (χ1) is 15.4. The Labute approximate surface area is 192 Å². The maximum absolute atomic E-state index is 13.0. The molecule has 0 saturated carbocycles. The predicted octanol–water partition coefficient (Wildman–Crippen LogP) is 4.73. The standard InChI is InChI=1S/C22H26ClN3O6/c1-6-31-19-10-8-9-18(21(19)32-7-2)24-25-20(14(3)27)22(28)26(23)15-11-16(29-4)13-17(12-15)30-5/h8-13,20H,6-7H2,1-5H3. The number of nitrogens with zero attached hydrogens (tertiary/aromatic N) is 3. The van der Waals surface area contributed by atoms with Gasteiger partial charge >= 0.3 is 0 Å². The van der Waals surface area contributed by atoms with Crippen LogP contribution < -0.4 is 23.4 Å². The molecule has 2 rings (SSSR count). The molecule has 2 aromatic rings. The van der Waals surface area contributed by atoms with E-state index in [1.54, 1.807) is 24.3 Å². The molecule has 10 heteroatoms. The molecule has 0 aromatic heterocycles. The average molecular weight is 464 g/mol. The maximum Gasteiger partial charge on any atom is 0.276 e. The van der Waals surface area contributed by atoms with Crippen LogP contribution in [0.1, 0.15) is 20.8 Å². The first kappa shape index (κ1) is 24.9. The van der Waals surface area contributed by atoms with Gasteiger partial charge in [-0.1, -0.05) is 6.07 Å². The maximum atomic E-state index is 13.0. The molecule has 172 valence electrons. The molecular weight excluding hydrogens is 438 g/mol. The van der Waals surface area contributed by atoms with Gasteiger partial charge in [-0.2, -0.15) is 10.2 Å². The van der Waals surface area contributed by atoms with Gasteiger partial charge < -0.3 is 18.9 Å². The molecule has 0 aliphatic carbocycles. The number of carbonyl (C=O) groups is 2. The topological polar surface area (TPSA) is 99.0 Å². The van der Waals surface area contributed by atoms with E-state index in [9.17, 15) is 9.59 Å². The summed E-state index contributed by atoms with van der Waals surface area (Å²) in [6.07, 6.45) is 0. The summed E-state index contributed by atoms with van der Waals surface area (Å²) in [6, 6.07) is 8.31. The summed E-state index contributed by atoms with van der Waals surface area (Å²) in [4.78, 5) is 25.2. The van der Waals surface area contributed by atoms with E-state index in [1.807, 2.05) is 13.8 Å². The number of ketones is 1. The Balaban J connectivity index is 2.37. The van der Waals surface area contributed by atoms with Crippen LogP contribution in [0.5, 0.6) is 23.0 Å². The number of hydrogen-bond acceptors (Lipinski definition) is 8. The van der Waals surface area contributed by atoms with E-state index in [2.05, 4.69) is 10.2 Å². The van der Waals surface area contributed by atoms with E-state index in [0.717, 1.165) is 4.42 Å². The Bertz CT molecular complexity index is 960. The van der Waals surface area contributed by atoms with Gasteiger partial charge in [0.2, 0.25) is 6.04 Å². The highest BCUT2D eigenvalue weighted by Gasteiger charge is 2.29. The third-order valence-corrected chi connectivity index (χ3v) is 4.56. The molecule has 0 aliphatic rings. The van der Waals surface area contributed by atoms with Crippen molar-refractivity contribution in [2.24, 2.45) is 10.2 Å². The third kappa shape index (κ3) is 6.10. The zero-order valence-electron chi connectivity index (χ0n) is 18.6. The van der Waals surface area contributed by atoms with Crippen LogP contribution in [0.3, 0.4) is 0 Å². The van der Waals surface area contributed by atoms with Crippen molar-refractivity contribution in [3.8, 4) is 23.0 Å². The second-order valence-corrected chi connectivity index (χ2v) is 6.73. The molecule has 2 aromatic carbocycles. The number of rotatable bonds is 11. The molecule has 0 fully saturated rings. The Morgan fingerprint density at radius 2 is 1.66 bits per heavy atom. The van der Waals surface area contributed by atoms with Crippen molar-refractivity contribution in [2.45, 2.75) is 26.8 Å². The molecule has 9 nitrogen and oxygen atoms in total. The lowest BCUT2D eigenvalue weighted by Gasteiger charge is -2.18. The van der Waals surface area contributed by atoms with Crippen LogP contribution in [-0.2, 0) is 9.59 Å². The average Bonchev–Trinajstić information content (AvgIpc) is 2.79. The van der Waals surface area contributed by atoms with Crippen molar-refractivity contribution < 1.29 is 28.5 Å². The van der Waals surface area contributed by atoms with Crippen LogP contribution in [-0.4, -0.2) is 45.2 Å². The number of halogens is 1. The molecule has 0 aliphatic heterocycles. The van der Waals surface area contributed by atoms with E-state index in [4.69, 9.17) is 30.7 Å². The summed E-state index contributed by atoms with van der Waals surface area (Å²) in [5.41, 5.74) is 0.573. The molecule has 1 unspecified atom stereocenters. The Hall–Kier alpha value is -3.33. The minimum atomic E-state index is -1.46. The normalized spacial score (nSPS) is 11.7. The van der Waals surface area contributed by atoms with Crippen LogP contribution in [0.25, 0.3) is 0 Å². The fourth-order valence-electron chi connectivity index (χ4n) is 2.71. The minimum Gasteiger partial charge on any atom is -0.497 e. The Morgan fingerprint density at radius 3 is 2.19 bits per heavy atom. The van der Waals surface area contributed by atoms with Crippen molar-refractivity contribution in [3.63, 3.8) is 0 Å². The quantitative estimate of drug-likeness (QED) is 0.271. The highest BCUT2D eigenvalue weighted by atomic mass is 35.5. The summed E-state index contributed by atoms with van der Waals surface area (Å²) >= 11 is 6.26. The lowest BCUT2D eigenvalue weighted by Crippen LogP contribution is -2.36. The summed E-state index contributed by atoms with van der Waals surface area (Å²) in [6.45, 7) is 5.70. The van der Waals surface area contributed by atoms with Gasteiger partial charge in [0.05, 0.1) is 33.1 Å². The van der Waals surface area contributed by atoms with Gasteiger partial charge in [0.1, 0.15) is 17.2 Å². The van der Waals surface area contributed by atoms with E-state index in [0.29, 0.717) is 41.9 Å². The zero-order valence-corrected chi connectivity index (χ0v) is 19.4. The monoisotopic (exact) mass is 463 g/mol. The van der Waals surface area contributed by atoms with E-state index in [1.165, 1.54) is 33.3 Å². The molecule has 0 N–H and O–H groups in total. The number of amides is 1. The van der Waals surface area contributed by atoms with Crippen LogP contribution in [0.2, 0.25) is 0 Å². The van der Waals surface area contributed by atoms with E-state index >= 15 is 0 Å². The minimum absolute atomic E-state index is 0.252. The molecule has 1 atom stereocenters. The van der Waals surface area contributed by atoms with Crippen LogP contribution in [0.15, 0.2) is 46.6 Å². The SMILES string of the molecule is CCOc1cccc(N=NC(C(C)=O)C(=O)N(Cl)c2cc(OC)cc(OC)c2)c1OCC. The third-order valence-electron chi connectivity index (χ3n) is 4.20. The lowest BCUT2D eigenvalue weighted by molar-refractivity contribution is -0.126. The van der Waals surface area contributed by atoms with E-state index in [-0.39, 0.29) is 5.69 Å². The van der Waals surface area contributed by atoms with Crippen molar-refractivity contribution in [2.75, 3.05) is 31.9 Å².